The highest BCUT2D eigenvalue weighted by molar-refractivity contribution is 4.93. The van der Waals surface area contributed by atoms with E-state index in [0.717, 1.165) is 0 Å². The van der Waals surface area contributed by atoms with Crippen molar-refractivity contribution >= 4 is 0 Å². The lowest BCUT2D eigenvalue weighted by molar-refractivity contribution is 0.240. The minimum Gasteiger partial charge on any atom is -0.389 e. The Morgan fingerprint density at radius 3 is 2.50 bits per heavy atom. The van der Waals surface area contributed by atoms with E-state index in [-0.39, 0.29) is 5.83 Å². The van der Waals surface area contributed by atoms with E-state index in [4.69, 9.17) is 5.11 Å². The molecule has 1 N–H and O–H groups in total. The first kappa shape index (κ1) is 7.63. The molecule has 0 saturated carbocycles. The summed E-state index contributed by atoms with van der Waals surface area (Å²) in [6, 6.07) is 0. The van der Waals surface area contributed by atoms with Gasteiger partial charge in [0.1, 0.15) is 0 Å². The zero-order valence-electron chi connectivity index (χ0n) is 5.19. The van der Waals surface area contributed by atoms with Gasteiger partial charge < -0.3 is 5.11 Å². The van der Waals surface area contributed by atoms with Gasteiger partial charge in [0.05, 0.1) is 11.9 Å². The van der Waals surface area contributed by atoms with Gasteiger partial charge in [0.25, 0.3) is 0 Å². The normalized spacial score (nSPS) is 16.2. The Kier molecular flexibility index (Phi) is 3.44. The van der Waals surface area contributed by atoms with Gasteiger partial charge in [0.15, 0.2) is 0 Å². The lowest BCUT2D eigenvalue weighted by Crippen LogP contribution is -1.93. The van der Waals surface area contributed by atoms with E-state index < -0.39 is 6.10 Å². The molecule has 0 fully saturated rings. The number of hydrogen-bond acceptors (Lipinski definition) is 1. The van der Waals surface area contributed by atoms with Crippen LogP contribution in [0, 0.1) is 0 Å². The maximum absolute atomic E-state index is 12.1. The molecule has 1 atom stereocenters. The molecule has 0 aromatic heterocycles. The van der Waals surface area contributed by atoms with Crippen molar-refractivity contribution in [1.29, 1.82) is 0 Å². The predicted molar refractivity (Wildman–Crippen MR) is 31.2 cm³/mol. The fraction of sp³-hybridized carbons (Fsp3) is 0.667. The molecule has 0 aliphatic rings. The van der Waals surface area contributed by atoms with Gasteiger partial charge in [-0.1, -0.05) is 6.92 Å². The van der Waals surface area contributed by atoms with Crippen molar-refractivity contribution < 1.29 is 9.50 Å². The van der Waals surface area contributed by atoms with E-state index in [1.165, 1.54) is 13.0 Å². The molecule has 0 radical (unpaired) electrons. The third-order valence-electron chi connectivity index (χ3n) is 0.760. The highest BCUT2D eigenvalue weighted by Crippen LogP contribution is 2.01. The summed E-state index contributed by atoms with van der Waals surface area (Å²) in [5.74, 6) is -0.250. The van der Waals surface area contributed by atoms with E-state index in [0.29, 0.717) is 6.42 Å². The molecule has 0 rings (SSSR count). The molecule has 2 heteroatoms. The Morgan fingerprint density at radius 2 is 2.38 bits per heavy atom. The minimum atomic E-state index is -0.657. The number of halogens is 1. The van der Waals surface area contributed by atoms with Crippen LogP contribution in [0.1, 0.15) is 20.3 Å². The van der Waals surface area contributed by atoms with E-state index in [1.54, 1.807) is 6.92 Å². The average Bonchev–Trinajstić information content (AvgIpc) is 1.65. The van der Waals surface area contributed by atoms with Gasteiger partial charge >= 0.3 is 0 Å². The van der Waals surface area contributed by atoms with Gasteiger partial charge in [-0.3, -0.25) is 0 Å². The topological polar surface area (TPSA) is 20.2 Å². The largest absolute Gasteiger partial charge is 0.389 e. The van der Waals surface area contributed by atoms with Crippen molar-refractivity contribution in [3.05, 3.63) is 11.9 Å². The second-order valence-electron chi connectivity index (χ2n) is 1.71. The highest BCUT2D eigenvalue weighted by atomic mass is 19.1. The van der Waals surface area contributed by atoms with Crippen LogP contribution in [0.25, 0.3) is 0 Å². The summed E-state index contributed by atoms with van der Waals surface area (Å²) in [6.07, 6.45) is 0.903. The lowest BCUT2D eigenvalue weighted by Gasteiger charge is -1.93. The summed E-state index contributed by atoms with van der Waals surface area (Å²) in [4.78, 5) is 0. The molecule has 0 saturated heterocycles. The van der Waals surface area contributed by atoms with Crippen LogP contribution < -0.4 is 0 Å². The first-order valence-corrected chi connectivity index (χ1v) is 2.71. The second kappa shape index (κ2) is 3.61. The molecule has 1 unspecified atom stereocenters. The summed E-state index contributed by atoms with van der Waals surface area (Å²) in [6.45, 7) is 3.23. The summed E-state index contributed by atoms with van der Waals surface area (Å²) >= 11 is 0. The molecule has 0 aromatic carbocycles. The van der Waals surface area contributed by atoms with Crippen LogP contribution in [-0.2, 0) is 0 Å². The Morgan fingerprint density at radius 1 is 1.88 bits per heavy atom. The van der Waals surface area contributed by atoms with Gasteiger partial charge in [-0.05, 0) is 19.4 Å². The van der Waals surface area contributed by atoms with Gasteiger partial charge in [0.2, 0.25) is 0 Å². The summed E-state index contributed by atoms with van der Waals surface area (Å²) in [5.41, 5.74) is 0. The van der Waals surface area contributed by atoms with Gasteiger partial charge in [-0.25, -0.2) is 4.39 Å². The molecule has 0 bridgehead atoms. The lowest BCUT2D eigenvalue weighted by atomic mass is 10.3. The second-order valence-corrected chi connectivity index (χ2v) is 1.71. The van der Waals surface area contributed by atoms with Gasteiger partial charge in [0, 0.05) is 0 Å². The monoisotopic (exact) mass is 118 g/mol. The molecular weight excluding hydrogens is 107 g/mol. The maximum Gasteiger partial charge on any atom is 0.0982 e. The molecule has 8 heavy (non-hydrogen) atoms. The van der Waals surface area contributed by atoms with E-state index in [2.05, 4.69) is 0 Å². The summed E-state index contributed by atoms with van der Waals surface area (Å²) in [7, 11) is 0. The van der Waals surface area contributed by atoms with Crippen LogP contribution in [0.2, 0.25) is 0 Å². The van der Waals surface area contributed by atoms with Crippen molar-refractivity contribution in [3.63, 3.8) is 0 Å². The van der Waals surface area contributed by atoms with Crippen molar-refractivity contribution in [2.75, 3.05) is 0 Å². The molecule has 0 heterocycles. The number of allylic oxidation sites excluding steroid dienone is 1. The van der Waals surface area contributed by atoms with Crippen LogP contribution in [0.4, 0.5) is 4.39 Å². The Balaban J connectivity index is 3.56. The van der Waals surface area contributed by atoms with Crippen molar-refractivity contribution in [2.45, 2.75) is 26.4 Å². The fourth-order valence-electron chi connectivity index (χ4n) is 0.380. The van der Waals surface area contributed by atoms with Gasteiger partial charge in [-0.15, -0.1) is 0 Å². The fourth-order valence-corrected chi connectivity index (χ4v) is 0.380. The summed E-state index contributed by atoms with van der Waals surface area (Å²) < 4.78 is 12.1. The molecule has 0 amide bonds. The first-order valence-electron chi connectivity index (χ1n) is 2.71. The van der Waals surface area contributed by atoms with Crippen LogP contribution in [0.15, 0.2) is 11.9 Å². The Labute approximate surface area is 48.8 Å². The third kappa shape index (κ3) is 3.81. The van der Waals surface area contributed by atoms with Crippen molar-refractivity contribution in [2.24, 2.45) is 0 Å². The van der Waals surface area contributed by atoms with Crippen molar-refractivity contribution in [1.82, 2.24) is 0 Å². The predicted octanol–water partition coefficient (Wildman–Crippen LogP) is 1.63. The van der Waals surface area contributed by atoms with Crippen LogP contribution in [0.3, 0.4) is 0 Å². The molecule has 1 nitrogen and oxygen atoms in total. The average molecular weight is 118 g/mol. The first-order chi connectivity index (χ1) is 3.66. The standard InChI is InChI=1S/C6H11FO/c1-3-6(7)4-5(2)8/h4-5,8H,3H2,1-2H3/b6-4+. The number of rotatable bonds is 2. The van der Waals surface area contributed by atoms with Crippen LogP contribution in [-0.4, -0.2) is 11.2 Å². The van der Waals surface area contributed by atoms with Crippen LogP contribution in [0.5, 0.6) is 0 Å². The van der Waals surface area contributed by atoms with Gasteiger partial charge in [-0.2, -0.15) is 0 Å². The van der Waals surface area contributed by atoms with E-state index in [1.807, 2.05) is 0 Å². The quantitative estimate of drug-likeness (QED) is 0.584. The molecule has 0 aromatic rings. The molecular formula is C6H11FO. The zero-order valence-corrected chi connectivity index (χ0v) is 5.19. The zero-order chi connectivity index (χ0) is 6.57. The number of aliphatic hydroxyl groups excluding tert-OH is 1. The number of hydrogen-bond donors (Lipinski definition) is 1. The summed E-state index contributed by atoms with van der Waals surface area (Å²) in [5, 5.41) is 8.54. The molecule has 0 aliphatic heterocycles. The van der Waals surface area contributed by atoms with Crippen molar-refractivity contribution in [3.8, 4) is 0 Å². The maximum atomic E-state index is 12.1. The highest BCUT2D eigenvalue weighted by Gasteiger charge is 1.91. The molecule has 48 valence electrons. The Bertz CT molecular complexity index is 86.5. The smallest absolute Gasteiger partial charge is 0.0982 e. The molecule has 0 aliphatic carbocycles. The molecule has 0 spiro atoms. The van der Waals surface area contributed by atoms with Crippen LogP contribution >= 0.6 is 0 Å². The van der Waals surface area contributed by atoms with E-state index >= 15 is 0 Å². The van der Waals surface area contributed by atoms with E-state index in [9.17, 15) is 4.39 Å². The third-order valence-corrected chi connectivity index (χ3v) is 0.760. The number of aliphatic hydroxyl groups is 1. The minimum absolute atomic E-state index is 0.250. The Hall–Kier alpha value is -0.370. The SMILES string of the molecule is CC/C(F)=C\C(C)O.